The van der Waals surface area contributed by atoms with Crippen LogP contribution in [0.25, 0.3) is 0 Å². The van der Waals surface area contributed by atoms with Crippen LogP contribution in [-0.2, 0) is 9.53 Å². The number of hydrogen-bond acceptors (Lipinski definition) is 3. The molecule has 122 valence electrons. The molecule has 0 spiro atoms. The van der Waals surface area contributed by atoms with Gasteiger partial charge in [0.2, 0.25) is 5.91 Å². The monoisotopic (exact) mass is 296 g/mol. The first-order chi connectivity index (χ1) is 10.2. The quantitative estimate of drug-likeness (QED) is 0.792. The zero-order valence-electron chi connectivity index (χ0n) is 13.5. The second-order valence-corrected chi connectivity index (χ2v) is 6.93. The lowest BCUT2D eigenvalue weighted by Crippen LogP contribution is -2.48. The van der Waals surface area contributed by atoms with E-state index in [1.165, 1.54) is 19.3 Å². The van der Waals surface area contributed by atoms with Crippen LogP contribution in [0, 0.1) is 5.92 Å². The van der Waals surface area contributed by atoms with E-state index in [9.17, 15) is 4.79 Å². The summed E-state index contributed by atoms with van der Waals surface area (Å²) in [5.74, 6) is 0.302. The zero-order valence-corrected chi connectivity index (χ0v) is 13.5. The first-order valence-corrected chi connectivity index (χ1v) is 8.82. The molecule has 4 heteroatoms. The summed E-state index contributed by atoms with van der Waals surface area (Å²) in [5, 5.41) is 3.17. The lowest BCUT2D eigenvalue weighted by molar-refractivity contribution is -0.129. The SMILES string of the molecule is CCCOC1(CNC(=O)C2CCCC(N)C2)CCCCC1. The molecule has 21 heavy (non-hydrogen) atoms. The molecule has 0 aromatic heterocycles. The molecule has 2 rings (SSSR count). The number of carbonyl (C=O) groups is 1. The molecule has 1 amide bonds. The van der Waals surface area contributed by atoms with E-state index >= 15 is 0 Å². The highest BCUT2D eigenvalue weighted by atomic mass is 16.5. The number of ether oxygens (including phenoxy) is 1. The number of hydrogen-bond donors (Lipinski definition) is 2. The molecule has 2 saturated carbocycles. The highest BCUT2D eigenvalue weighted by Gasteiger charge is 2.34. The maximum Gasteiger partial charge on any atom is 0.223 e. The lowest BCUT2D eigenvalue weighted by Gasteiger charge is -2.38. The topological polar surface area (TPSA) is 64.3 Å². The minimum atomic E-state index is -0.110. The third-order valence-electron chi connectivity index (χ3n) is 5.05. The smallest absolute Gasteiger partial charge is 0.223 e. The van der Waals surface area contributed by atoms with Gasteiger partial charge in [-0.05, 0) is 38.5 Å². The minimum absolute atomic E-state index is 0.110. The molecule has 0 saturated heterocycles. The Morgan fingerprint density at radius 3 is 2.67 bits per heavy atom. The van der Waals surface area contributed by atoms with Crippen LogP contribution in [0.15, 0.2) is 0 Å². The summed E-state index contributed by atoms with van der Waals surface area (Å²) in [6, 6.07) is 0.203. The summed E-state index contributed by atoms with van der Waals surface area (Å²) in [4.78, 5) is 12.4. The van der Waals surface area contributed by atoms with Gasteiger partial charge in [0.05, 0.1) is 5.60 Å². The van der Waals surface area contributed by atoms with Crippen LogP contribution >= 0.6 is 0 Å². The van der Waals surface area contributed by atoms with Crippen molar-refractivity contribution in [3.8, 4) is 0 Å². The van der Waals surface area contributed by atoms with E-state index in [4.69, 9.17) is 10.5 Å². The fraction of sp³-hybridized carbons (Fsp3) is 0.941. The molecule has 0 radical (unpaired) electrons. The molecule has 2 aliphatic carbocycles. The van der Waals surface area contributed by atoms with Gasteiger partial charge in [0.25, 0.3) is 0 Å². The fourth-order valence-electron chi connectivity index (χ4n) is 3.75. The Bertz CT molecular complexity index is 327. The van der Waals surface area contributed by atoms with Gasteiger partial charge in [-0.3, -0.25) is 4.79 Å². The Kier molecular flexibility index (Phi) is 6.49. The Morgan fingerprint density at radius 2 is 2.00 bits per heavy atom. The average molecular weight is 296 g/mol. The van der Waals surface area contributed by atoms with Crippen molar-refractivity contribution >= 4 is 5.91 Å². The Morgan fingerprint density at radius 1 is 1.24 bits per heavy atom. The van der Waals surface area contributed by atoms with Crippen LogP contribution in [0.1, 0.15) is 71.1 Å². The van der Waals surface area contributed by atoms with E-state index in [2.05, 4.69) is 12.2 Å². The first kappa shape index (κ1) is 16.8. The second-order valence-electron chi connectivity index (χ2n) is 6.93. The van der Waals surface area contributed by atoms with Gasteiger partial charge in [-0.1, -0.05) is 32.6 Å². The van der Waals surface area contributed by atoms with E-state index in [0.717, 1.165) is 51.6 Å². The average Bonchev–Trinajstić information content (AvgIpc) is 2.52. The van der Waals surface area contributed by atoms with Gasteiger partial charge in [0, 0.05) is 25.1 Å². The van der Waals surface area contributed by atoms with Crippen LogP contribution in [0.2, 0.25) is 0 Å². The fourth-order valence-corrected chi connectivity index (χ4v) is 3.75. The number of rotatable bonds is 6. The molecule has 0 bridgehead atoms. The van der Waals surface area contributed by atoms with Gasteiger partial charge in [-0.25, -0.2) is 0 Å². The summed E-state index contributed by atoms with van der Waals surface area (Å²) >= 11 is 0. The van der Waals surface area contributed by atoms with Gasteiger partial charge >= 0.3 is 0 Å². The summed E-state index contributed by atoms with van der Waals surface area (Å²) in [7, 11) is 0. The summed E-state index contributed by atoms with van der Waals surface area (Å²) in [6.45, 7) is 3.61. The molecule has 0 aliphatic heterocycles. The van der Waals surface area contributed by atoms with Crippen LogP contribution in [0.5, 0.6) is 0 Å². The van der Waals surface area contributed by atoms with Gasteiger partial charge in [0.15, 0.2) is 0 Å². The Labute approximate surface area is 129 Å². The highest BCUT2D eigenvalue weighted by Crippen LogP contribution is 2.31. The molecule has 0 heterocycles. The van der Waals surface area contributed by atoms with Crippen LogP contribution < -0.4 is 11.1 Å². The van der Waals surface area contributed by atoms with Crippen molar-refractivity contribution in [3.05, 3.63) is 0 Å². The number of carbonyl (C=O) groups excluding carboxylic acids is 1. The number of nitrogens with two attached hydrogens (primary N) is 1. The highest BCUT2D eigenvalue weighted by molar-refractivity contribution is 5.78. The number of amides is 1. The van der Waals surface area contributed by atoms with Crippen molar-refractivity contribution < 1.29 is 9.53 Å². The molecule has 2 unspecified atom stereocenters. The third-order valence-corrected chi connectivity index (χ3v) is 5.05. The van der Waals surface area contributed by atoms with Crippen LogP contribution in [0.3, 0.4) is 0 Å². The molecule has 0 aromatic rings. The van der Waals surface area contributed by atoms with Crippen molar-refractivity contribution in [1.82, 2.24) is 5.32 Å². The predicted molar refractivity (Wildman–Crippen MR) is 85.0 cm³/mol. The van der Waals surface area contributed by atoms with Gasteiger partial charge in [-0.15, -0.1) is 0 Å². The minimum Gasteiger partial charge on any atom is -0.373 e. The van der Waals surface area contributed by atoms with Crippen molar-refractivity contribution in [2.24, 2.45) is 11.7 Å². The summed E-state index contributed by atoms with van der Waals surface area (Å²) in [5.41, 5.74) is 5.88. The molecule has 2 atom stereocenters. The van der Waals surface area contributed by atoms with Gasteiger partial charge in [0.1, 0.15) is 0 Å². The van der Waals surface area contributed by atoms with Crippen molar-refractivity contribution in [2.75, 3.05) is 13.2 Å². The molecular formula is C17H32N2O2. The predicted octanol–water partition coefficient (Wildman–Crippen LogP) is 2.75. The maximum atomic E-state index is 12.4. The van der Waals surface area contributed by atoms with Crippen LogP contribution in [-0.4, -0.2) is 30.7 Å². The van der Waals surface area contributed by atoms with Gasteiger partial charge < -0.3 is 15.8 Å². The van der Waals surface area contributed by atoms with Crippen LogP contribution in [0.4, 0.5) is 0 Å². The van der Waals surface area contributed by atoms with Crippen molar-refractivity contribution in [1.29, 1.82) is 0 Å². The lowest BCUT2D eigenvalue weighted by atomic mass is 9.83. The number of nitrogens with one attached hydrogen (secondary N) is 1. The van der Waals surface area contributed by atoms with Gasteiger partial charge in [-0.2, -0.15) is 0 Å². The normalized spacial score (nSPS) is 29.0. The van der Waals surface area contributed by atoms with Crippen molar-refractivity contribution in [3.63, 3.8) is 0 Å². The van der Waals surface area contributed by atoms with E-state index in [1.807, 2.05) is 0 Å². The second kappa shape index (κ2) is 8.14. The molecule has 2 fully saturated rings. The maximum absolute atomic E-state index is 12.4. The molecule has 0 aromatic carbocycles. The summed E-state index contributed by atoms with van der Waals surface area (Å²) in [6.07, 6.45) is 10.9. The standard InChI is InChI=1S/C17H32N2O2/c1-2-11-21-17(9-4-3-5-10-17)13-19-16(20)14-7-6-8-15(18)12-14/h14-15H,2-13,18H2,1H3,(H,19,20). The van der Waals surface area contributed by atoms with E-state index < -0.39 is 0 Å². The van der Waals surface area contributed by atoms with E-state index in [1.54, 1.807) is 0 Å². The first-order valence-electron chi connectivity index (χ1n) is 8.82. The largest absolute Gasteiger partial charge is 0.373 e. The summed E-state index contributed by atoms with van der Waals surface area (Å²) < 4.78 is 6.14. The van der Waals surface area contributed by atoms with Crippen molar-refractivity contribution in [2.45, 2.75) is 82.8 Å². The third kappa shape index (κ3) is 4.96. The molecular weight excluding hydrogens is 264 g/mol. The van der Waals surface area contributed by atoms with E-state index in [0.29, 0.717) is 6.54 Å². The molecule has 4 nitrogen and oxygen atoms in total. The molecule has 3 N–H and O–H groups in total. The van der Waals surface area contributed by atoms with E-state index in [-0.39, 0.29) is 23.5 Å². The zero-order chi connectivity index (χ0) is 15.1. The Hall–Kier alpha value is -0.610. The molecule has 2 aliphatic rings. The Balaban J connectivity index is 1.84.